The number of amides is 2. The maximum atomic E-state index is 13.3. The van der Waals surface area contributed by atoms with E-state index in [-0.39, 0.29) is 24.2 Å². The maximum Gasteiger partial charge on any atom is 0.242 e. The molecule has 3 aromatic carbocycles. The Labute approximate surface area is 183 Å². The first kappa shape index (κ1) is 22.5. The molecule has 0 saturated carbocycles. The summed E-state index contributed by atoms with van der Waals surface area (Å²) < 4.78 is 13.3. The van der Waals surface area contributed by atoms with Gasteiger partial charge in [0.05, 0.1) is 0 Å². The number of fused-ring (bicyclic) bond motifs is 1. The van der Waals surface area contributed by atoms with Crippen molar-refractivity contribution in [1.29, 1.82) is 0 Å². The topological polar surface area (TPSA) is 49.4 Å². The average Bonchev–Trinajstić information content (AvgIpc) is 2.78. The van der Waals surface area contributed by atoms with Gasteiger partial charge in [0.1, 0.15) is 11.9 Å². The van der Waals surface area contributed by atoms with Crippen LogP contribution in [0.25, 0.3) is 10.8 Å². The van der Waals surface area contributed by atoms with E-state index in [0.29, 0.717) is 25.8 Å². The van der Waals surface area contributed by atoms with E-state index in [2.05, 4.69) is 23.5 Å². The number of nitrogens with zero attached hydrogens (tertiary/aromatic N) is 1. The second-order valence-corrected chi connectivity index (χ2v) is 7.61. The Kier molecular flexibility index (Phi) is 7.76. The Morgan fingerprint density at radius 2 is 1.68 bits per heavy atom. The molecule has 0 saturated heterocycles. The van der Waals surface area contributed by atoms with Crippen molar-refractivity contribution in [3.05, 3.63) is 83.7 Å². The number of halogens is 1. The van der Waals surface area contributed by atoms with Crippen LogP contribution in [-0.2, 0) is 22.6 Å². The Bertz CT molecular complexity index is 1030. The van der Waals surface area contributed by atoms with Crippen LogP contribution in [-0.4, -0.2) is 29.3 Å². The van der Waals surface area contributed by atoms with E-state index in [1.807, 2.05) is 38.1 Å². The minimum Gasteiger partial charge on any atom is -0.355 e. The summed E-state index contributed by atoms with van der Waals surface area (Å²) >= 11 is 0. The van der Waals surface area contributed by atoms with Gasteiger partial charge in [-0.3, -0.25) is 9.59 Å². The molecular weight excluding hydrogens is 391 g/mol. The third-order valence-corrected chi connectivity index (χ3v) is 5.49. The molecule has 0 bridgehead atoms. The summed E-state index contributed by atoms with van der Waals surface area (Å²) in [5, 5.41) is 5.11. The molecule has 1 unspecified atom stereocenters. The molecule has 3 rings (SSSR count). The van der Waals surface area contributed by atoms with Gasteiger partial charge in [0.15, 0.2) is 0 Å². The van der Waals surface area contributed by atoms with Gasteiger partial charge in [0.2, 0.25) is 11.8 Å². The van der Waals surface area contributed by atoms with Gasteiger partial charge in [0, 0.05) is 19.5 Å². The minimum absolute atomic E-state index is 0.0876. The van der Waals surface area contributed by atoms with Crippen LogP contribution in [0.1, 0.15) is 37.8 Å². The molecule has 5 heteroatoms. The SMILES string of the molecule is CCNC(=O)C(CC)N(Cc1ccc(F)cc1)C(=O)CCc1cccc2ccccc12. The number of carbonyl (C=O) groups is 2. The van der Waals surface area contributed by atoms with Crippen LogP contribution in [0.2, 0.25) is 0 Å². The predicted molar refractivity (Wildman–Crippen MR) is 122 cm³/mol. The van der Waals surface area contributed by atoms with Crippen molar-refractivity contribution < 1.29 is 14.0 Å². The van der Waals surface area contributed by atoms with Crippen LogP contribution in [0.4, 0.5) is 4.39 Å². The molecule has 3 aromatic rings. The molecular formula is C26H29FN2O2. The lowest BCUT2D eigenvalue weighted by Crippen LogP contribution is -2.49. The lowest BCUT2D eigenvalue weighted by atomic mass is 10.00. The van der Waals surface area contributed by atoms with E-state index in [1.54, 1.807) is 17.0 Å². The molecule has 0 radical (unpaired) electrons. The summed E-state index contributed by atoms with van der Waals surface area (Å²) in [4.78, 5) is 27.6. The summed E-state index contributed by atoms with van der Waals surface area (Å²) in [6, 6.07) is 19.7. The summed E-state index contributed by atoms with van der Waals surface area (Å²) in [5.74, 6) is -0.575. The lowest BCUT2D eigenvalue weighted by Gasteiger charge is -2.30. The molecule has 4 nitrogen and oxygen atoms in total. The summed E-state index contributed by atoms with van der Waals surface area (Å²) in [6.07, 6.45) is 1.39. The summed E-state index contributed by atoms with van der Waals surface area (Å²) in [5.41, 5.74) is 1.90. The maximum absolute atomic E-state index is 13.3. The van der Waals surface area contributed by atoms with E-state index in [1.165, 1.54) is 12.1 Å². The summed E-state index contributed by atoms with van der Waals surface area (Å²) in [7, 11) is 0. The van der Waals surface area contributed by atoms with E-state index >= 15 is 0 Å². The molecule has 1 N–H and O–H groups in total. The van der Waals surface area contributed by atoms with Crippen LogP contribution in [0.15, 0.2) is 66.7 Å². The molecule has 0 aliphatic rings. The van der Waals surface area contributed by atoms with Gasteiger partial charge in [0.25, 0.3) is 0 Å². The highest BCUT2D eigenvalue weighted by atomic mass is 19.1. The first-order valence-electron chi connectivity index (χ1n) is 10.8. The van der Waals surface area contributed by atoms with Crippen molar-refractivity contribution in [2.45, 2.75) is 45.7 Å². The van der Waals surface area contributed by atoms with Crippen molar-refractivity contribution >= 4 is 22.6 Å². The van der Waals surface area contributed by atoms with E-state index < -0.39 is 6.04 Å². The van der Waals surface area contributed by atoms with Gasteiger partial charge in [-0.15, -0.1) is 0 Å². The molecule has 31 heavy (non-hydrogen) atoms. The second-order valence-electron chi connectivity index (χ2n) is 7.61. The normalized spacial score (nSPS) is 11.8. The fourth-order valence-corrected chi connectivity index (χ4v) is 3.89. The Morgan fingerprint density at radius 3 is 2.39 bits per heavy atom. The molecule has 0 spiro atoms. The average molecular weight is 421 g/mol. The molecule has 0 aliphatic heterocycles. The van der Waals surface area contributed by atoms with Crippen molar-refractivity contribution in [3.8, 4) is 0 Å². The fraction of sp³-hybridized carbons (Fsp3) is 0.308. The zero-order valence-electron chi connectivity index (χ0n) is 18.1. The second kappa shape index (κ2) is 10.7. The van der Waals surface area contributed by atoms with Crippen LogP contribution in [0.3, 0.4) is 0 Å². The molecule has 0 heterocycles. The van der Waals surface area contributed by atoms with E-state index in [4.69, 9.17) is 0 Å². The van der Waals surface area contributed by atoms with Gasteiger partial charge in [-0.2, -0.15) is 0 Å². The minimum atomic E-state index is -0.565. The van der Waals surface area contributed by atoms with Crippen LogP contribution in [0, 0.1) is 5.82 Å². The molecule has 2 amide bonds. The third-order valence-electron chi connectivity index (χ3n) is 5.49. The standard InChI is InChI=1S/C26H29FN2O2/c1-3-24(26(31)28-4-2)29(18-19-12-15-22(27)16-13-19)25(30)17-14-21-10-7-9-20-8-5-6-11-23(20)21/h5-13,15-16,24H,3-4,14,17-18H2,1-2H3,(H,28,31). The number of hydrogen-bond acceptors (Lipinski definition) is 2. The van der Waals surface area contributed by atoms with Crippen molar-refractivity contribution in [3.63, 3.8) is 0 Å². The van der Waals surface area contributed by atoms with Gasteiger partial charge in [-0.1, -0.05) is 61.5 Å². The van der Waals surface area contributed by atoms with Gasteiger partial charge in [-0.05, 0) is 53.8 Å². The number of aryl methyl sites for hydroxylation is 1. The number of rotatable bonds is 9. The first-order valence-corrected chi connectivity index (χ1v) is 10.8. The monoisotopic (exact) mass is 420 g/mol. The van der Waals surface area contributed by atoms with E-state index in [0.717, 1.165) is 21.9 Å². The number of carbonyl (C=O) groups excluding carboxylic acids is 2. The Hall–Kier alpha value is -3.21. The summed E-state index contributed by atoms with van der Waals surface area (Å²) in [6.45, 7) is 4.53. The fourth-order valence-electron chi connectivity index (χ4n) is 3.89. The number of nitrogens with one attached hydrogen (secondary N) is 1. The Balaban J connectivity index is 1.81. The van der Waals surface area contributed by atoms with Crippen LogP contribution in [0.5, 0.6) is 0 Å². The van der Waals surface area contributed by atoms with Gasteiger partial charge < -0.3 is 10.2 Å². The molecule has 162 valence electrons. The quantitative estimate of drug-likeness (QED) is 0.538. The van der Waals surface area contributed by atoms with Gasteiger partial charge >= 0.3 is 0 Å². The zero-order chi connectivity index (χ0) is 22.2. The van der Waals surface area contributed by atoms with E-state index in [9.17, 15) is 14.0 Å². The highest BCUT2D eigenvalue weighted by Gasteiger charge is 2.28. The Morgan fingerprint density at radius 1 is 0.968 bits per heavy atom. The lowest BCUT2D eigenvalue weighted by molar-refractivity contribution is -0.141. The largest absolute Gasteiger partial charge is 0.355 e. The first-order chi connectivity index (χ1) is 15.0. The predicted octanol–water partition coefficient (Wildman–Crippen LogP) is 4.86. The zero-order valence-corrected chi connectivity index (χ0v) is 18.1. The number of benzene rings is 3. The number of hydrogen-bond donors (Lipinski definition) is 1. The van der Waals surface area contributed by atoms with Crippen molar-refractivity contribution in [1.82, 2.24) is 10.2 Å². The molecule has 0 aliphatic carbocycles. The molecule has 1 atom stereocenters. The highest BCUT2D eigenvalue weighted by Crippen LogP contribution is 2.21. The highest BCUT2D eigenvalue weighted by molar-refractivity contribution is 5.89. The molecule has 0 aromatic heterocycles. The van der Waals surface area contributed by atoms with Crippen molar-refractivity contribution in [2.24, 2.45) is 0 Å². The third kappa shape index (κ3) is 5.69. The van der Waals surface area contributed by atoms with Crippen molar-refractivity contribution in [2.75, 3.05) is 6.54 Å². The van der Waals surface area contributed by atoms with Crippen LogP contribution < -0.4 is 5.32 Å². The number of likely N-dealkylation sites (N-methyl/N-ethyl adjacent to an activating group) is 1. The smallest absolute Gasteiger partial charge is 0.242 e. The molecule has 0 fully saturated rings. The van der Waals surface area contributed by atoms with Gasteiger partial charge in [-0.25, -0.2) is 4.39 Å². The van der Waals surface area contributed by atoms with Crippen LogP contribution >= 0.6 is 0 Å².